The van der Waals surface area contributed by atoms with Gasteiger partial charge in [0.1, 0.15) is 23.0 Å². The van der Waals surface area contributed by atoms with Gasteiger partial charge in [-0.2, -0.15) is 0 Å². The van der Waals surface area contributed by atoms with Gasteiger partial charge in [-0.05, 0) is 50.3 Å². The molecule has 0 saturated carbocycles. The first-order chi connectivity index (χ1) is 11.5. The van der Waals surface area contributed by atoms with Crippen LogP contribution in [0.3, 0.4) is 0 Å². The average Bonchev–Trinajstić information content (AvgIpc) is 2.54. The van der Waals surface area contributed by atoms with E-state index in [1.54, 1.807) is 19.1 Å². The van der Waals surface area contributed by atoms with Crippen LogP contribution in [-0.4, -0.2) is 29.2 Å². The lowest BCUT2D eigenvalue weighted by molar-refractivity contribution is 0.104. The summed E-state index contributed by atoms with van der Waals surface area (Å²) in [5.41, 5.74) is 0.847. The zero-order chi connectivity index (χ0) is 17.5. The molecule has 2 aromatic rings. The Bertz CT molecular complexity index is 749. The van der Waals surface area contributed by atoms with Crippen molar-refractivity contribution in [1.82, 2.24) is 0 Å². The molecule has 0 amide bonds. The number of ether oxygens (including phenoxy) is 2. The number of carbonyl (C=O) groups excluding carboxylic acids is 1. The van der Waals surface area contributed by atoms with E-state index in [0.29, 0.717) is 35.8 Å². The summed E-state index contributed by atoms with van der Waals surface area (Å²) < 4.78 is 10.7. The third-order valence-corrected chi connectivity index (χ3v) is 3.26. The van der Waals surface area contributed by atoms with Crippen LogP contribution < -0.4 is 9.47 Å². The summed E-state index contributed by atoms with van der Waals surface area (Å²) in [7, 11) is 0. The number of hydrogen-bond donors (Lipinski definition) is 2. The number of aromatic hydroxyl groups is 2. The van der Waals surface area contributed by atoms with Crippen LogP contribution in [0.2, 0.25) is 0 Å². The van der Waals surface area contributed by atoms with E-state index in [4.69, 9.17) is 9.47 Å². The summed E-state index contributed by atoms with van der Waals surface area (Å²) in [4.78, 5) is 12.4. The molecular formula is C19H20O5. The molecule has 0 atom stereocenters. The number of hydrogen-bond acceptors (Lipinski definition) is 5. The Morgan fingerprint density at radius 2 is 1.79 bits per heavy atom. The topological polar surface area (TPSA) is 76.0 Å². The van der Waals surface area contributed by atoms with Crippen LogP contribution in [0.25, 0.3) is 6.08 Å². The van der Waals surface area contributed by atoms with Gasteiger partial charge in [0.25, 0.3) is 0 Å². The van der Waals surface area contributed by atoms with Crippen LogP contribution in [0.4, 0.5) is 0 Å². The molecule has 0 saturated heterocycles. The monoisotopic (exact) mass is 328 g/mol. The molecule has 2 rings (SSSR count). The minimum Gasteiger partial charge on any atom is -0.508 e. The summed E-state index contributed by atoms with van der Waals surface area (Å²) in [6.07, 6.45) is 2.88. The second-order valence-corrected chi connectivity index (χ2v) is 4.96. The van der Waals surface area contributed by atoms with Crippen LogP contribution in [0.5, 0.6) is 23.0 Å². The van der Waals surface area contributed by atoms with Crippen molar-refractivity contribution in [2.75, 3.05) is 13.2 Å². The molecule has 0 aliphatic heterocycles. The molecule has 0 bridgehead atoms. The van der Waals surface area contributed by atoms with Crippen LogP contribution in [-0.2, 0) is 0 Å². The van der Waals surface area contributed by atoms with Crippen molar-refractivity contribution in [3.8, 4) is 23.0 Å². The second kappa shape index (κ2) is 8.06. The van der Waals surface area contributed by atoms with Crippen LogP contribution in [0.15, 0.2) is 42.5 Å². The number of phenols is 2. The van der Waals surface area contributed by atoms with Crippen molar-refractivity contribution in [3.63, 3.8) is 0 Å². The minimum absolute atomic E-state index is 0.0285. The molecule has 24 heavy (non-hydrogen) atoms. The molecule has 0 unspecified atom stereocenters. The van der Waals surface area contributed by atoms with E-state index in [-0.39, 0.29) is 17.3 Å². The Morgan fingerprint density at radius 3 is 2.46 bits per heavy atom. The van der Waals surface area contributed by atoms with Crippen LogP contribution in [0.1, 0.15) is 29.8 Å². The van der Waals surface area contributed by atoms with E-state index in [1.165, 1.54) is 36.4 Å². The Labute approximate surface area is 140 Å². The Morgan fingerprint density at radius 1 is 1.04 bits per heavy atom. The molecule has 5 nitrogen and oxygen atoms in total. The maximum atomic E-state index is 12.4. The number of ketones is 1. The third kappa shape index (κ3) is 4.29. The highest BCUT2D eigenvalue weighted by Gasteiger charge is 2.11. The van der Waals surface area contributed by atoms with Gasteiger partial charge in [0, 0.05) is 17.7 Å². The maximum Gasteiger partial charge on any atom is 0.189 e. The van der Waals surface area contributed by atoms with E-state index in [1.807, 2.05) is 6.92 Å². The van der Waals surface area contributed by atoms with Gasteiger partial charge in [0.2, 0.25) is 0 Å². The molecule has 0 fully saturated rings. The van der Waals surface area contributed by atoms with Gasteiger partial charge in [-0.25, -0.2) is 0 Å². The number of benzene rings is 2. The van der Waals surface area contributed by atoms with Crippen molar-refractivity contribution < 1.29 is 24.5 Å². The van der Waals surface area contributed by atoms with Crippen LogP contribution >= 0.6 is 0 Å². The van der Waals surface area contributed by atoms with E-state index >= 15 is 0 Å². The predicted octanol–water partition coefficient (Wildman–Crippen LogP) is 3.79. The maximum absolute atomic E-state index is 12.4. The number of allylic oxidation sites excluding steroid dienone is 1. The standard InChI is InChI=1S/C19H20O5/c1-3-23-15-8-5-13(18(22)12-15)6-10-17(21)16-9-7-14(20)11-19(16)24-4-2/h5-12,20,22H,3-4H2,1-2H3. The van der Waals surface area contributed by atoms with Crippen molar-refractivity contribution in [3.05, 3.63) is 53.6 Å². The Kier molecular flexibility index (Phi) is 5.84. The normalized spacial score (nSPS) is 10.8. The first-order valence-electron chi connectivity index (χ1n) is 7.69. The molecule has 2 aromatic carbocycles. The zero-order valence-electron chi connectivity index (χ0n) is 13.7. The highest BCUT2D eigenvalue weighted by atomic mass is 16.5. The van der Waals surface area contributed by atoms with Crippen molar-refractivity contribution in [1.29, 1.82) is 0 Å². The molecule has 126 valence electrons. The van der Waals surface area contributed by atoms with Gasteiger partial charge < -0.3 is 19.7 Å². The zero-order valence-corrected chi connectivity index (χ0v) is 13.7. The van der Waals surface area contributed by atoms with Gasteiger partial charge in [-0.3, -0.25) is 4.79 Å². The van der Waals surface area contributed by atoms with E-state index in [0.717, 1.165) is 0 Å². The first-order valence-corrected chi connectivity index (χ1v) is 7.69. The van der Waals surface area contributed by atoms with Crippen LogP contribution in [0, 0.1) is 0 Å². The molecule has 0 radical (unpaired) electrons. The van der Waals surface area contributed by atoms with Gasteiger partial charge >= 0.3 is 0 Å². The van der Waals surface area contributed by atoms with Gasteiger partial charge in [0.05, 0.1) is 18.8 Å². The summed E-state index contributed by atoms with van der Waals surface area (Å²) in [5, 5.41) is 19.5. The summed E-state index contributed by atoms with van der Waals surface area (Å²) in [6.45, 7) is 4.55. The van der Waals surface area contributed by atoms with Crippen molar-refractivity contribution in [2.45, 2.75) is 13.8 Å². The Hall–Kier alpha value is -2.95. The summed E-state index contributed by atoms with van der Waals surface area (Å²) in [5.74, 6) is 0.661. The molecular weight excluding hydrogens is 308 g/mol. The second-order valence-electron chi connectivity index (χ2n) is 4.96. The fourth-order valence-corrected chi connectivity index (χ4v) is 2.17. The largest absolute Gasteiger partial charge is 0.508 e. The lowest BCUT2D eigenvalue weighted by Crippen LogP contribution is -2.01. The third-order valence-electron chi connectivity index (χ3n) is 3.26. The van der Waals surface area contributed by atoms with E-state index < -0.39 is 0 Å². The number of rotatable bonds is 7. The van der Waals surface area contributed by atoms with Gasteiger partial charge in [0.15, 0.2) is 5.78 Å². The van der Waals surface area contributed by atoms with E-state index in [2.05, 4.69) is 0 Å². The molecule has 0 spiro atoms. The number of phenolic OH excluding ortho intramolecular Hbond substituents is 2. The summed E-state index contributed by atoms with van der Waals surface area (Å²) >= 11 is 0. The average molecular weight is 328 g/mol. The van der Waals surface area contributed by atoms with Gasteiger partial charge in [-0.1, -0.05) is 0 Å². The quantitative estimate of drug-likeness (QED) is 0.597. The lowest BCUT2D eigenvalue weighted by atomic mass is 10.1. The molecule has 0 aliphatic carbocycles. The number of carbonyl (C=O) groups is 1. The van der Waals surface area contributed by atoms with Crippen molar-refractivity contribution >= 4 is 11.9 Å². The fourth-order valence-electron chi connectivity index (χ4n) is 2.17. The molecule has 0 aliphatic rings. The van der Waals surface area contributed by atoms with Crippen molar-refractivity contribution in [2.24, 2.45) is 0 Å². The fraction of sp³-hybridized carbons (Fsp3) is 0.211. The van der Waals surface area contributed by atoms with E-state index in [9.17, 15) is 15.0 Å². The predicted molar refractivity (Wildman–Crippen MR) is 91.9 cm³/mol. The highest BCUT2D eigenvalue weighted by molar-refractivity contribution is 6.08. The SMILES string of the molecule is CCOc1ccc(C=CC(=O)c2ccc(O)cc2OCC)c(O)c1. The molecule has 0 aromatic heterocycles. The summed E-state index contributed by atoms with van der Waals surface area (Å²) in [6, 6.07) is 9.23. The van der Waals surface area contributed by atoms with Gasteiger partial charge in [-0.15, -0.1) is 0 Å². The molecule has 5 heteroatoms. The molecule has 2 N–H and O–H groups in total. The minimum atomic E-state index is -0.285. The Balaban J connectivity index is 2.22. The molecule has 0 heterocycles. The smallest absolute Gasteiger partial charge is 0.189 e. The lowest BCUT2D eigenvalue weighted by Gasteiger charge is -2.08. The highest BCUT2D eigenvalue weighted by Crippen LogP contribution is 2.27. The first kappa shape index (κ1) is 17.4.